The van der Waals surface area contributed by atoms with E-state index in [-0.39, 0.29) is 0 Å². The van der Waals surface area contributed by atoms with Crippen LogP contribution < -0.4 is 5.32 Å². The second kappa shape index (κ2) is 5.44. The minimum absolute atomic E-state index is 0.729. The molecule has 0 saturated heterocycles. The fraction of sp³-hybridized carbons (Fsp3) is 0.118. The van der Waals surface area contributed by atoms with E-state index in [1.165, 1.54) is 10.5 Å². The van der Waals surface area contributed by atoms with Gasteiger partial charge in [-0.1, -0.05) is 42.0 Å². The van der Waals surface area contributed by atoms with Crippen molar-refractivity contribution < 1.29 is 0 Å². The van der Waals surface area contributed by atoms with Crippen LogP contribution in [0.3, 0.4) is 0 Å². The number of thioether (sulfide) groups is 1. The summed E-state index contributed by atoms with van der Waals surface area (Å²) in [7, 11) is 0. The van der Waals surface area contributed by atoms with Crippen LogP contribution in [-0.4, -0.2) is 5.75 Å². The Labute approximate surface area is 123 Å². The minimum Gasteiger partial charge on any atom is -0.356 e. The maximum absolute atomic E-state index is 9.49. The Morgan fingerprint density at radius 2 is 1.90 bits per heavy atom. The van der Waals surface area contributed by atoms with E-state index in [0.717, 1.165) is 28.3 Å². The highest BCUT2D eigenvalue weighted by Gasteiger charge is 2.16. The van der Waals surface area contributed by atoms with E-state index in [4.69, 9.17) is 0 Å². The van der Waals surface area contributed by atoms with Gasteiger partial charge in [0.2, 0.25) is 0 Å². The topological polar surface area (TPSA) is 35.8 Å². The Morgan fingerprint density at radius 3 is 2.65 bits per heavy atom. The van der Waals surface area contributed by atoms with E-state index in [0.29, 0.717) is 0 Å². The van der Waals surface area contributed by atoms with Crippen molar-refractivity contribution in [2.24, 2.45) is 0 Å². The van der Waals surface area contributed by atoms with E-state index in [9.17, 15) is 5.26 Å². The van der Waals surface area contributed by atoms with Crippen LogP contribution in [0.15, 0.2) is 59.1 Å². The molecule has 98 valence electrons. The van der Waals surface area contributed by atoms with Crippen molar-refractivity contribution in [2.75, 3.05) is 11.1 Å². The van der Waals surface area contributed by atoms with Crippen LogP contribution in [0, 0.1) is 18.3 Å². The third-order valence-electron chi connectivity index (χ3n) is 3.30. The summed E-state index contributed by atoms with van der Waals surface area (Å²) in [6.07, 6.45) is 0. The fourth-order valence-electron chi connectivity index (χ4n) is 2.21. The van der Waals surface area contributed by atoms with Gasteiger partial charge in [-0.05, 0) is 24.6 Å². The third kappa shape index (κ3) is 2.43. The zero-order chi connectivity index (χ0) is 13.9. The highest BCUT2D eigenvalue weighted by molar-refractivity contribution is 7.99. The monoisotopic (exact) mass is 278 g/mol. The lowest BCUT2D eigenvalue weighted by atomic mass is 10.0. The Morgan fingerprint density at radius 1 is 1.15 bits per heavy atom. The smallest absolute Gasteiger partial charge is 0.102 e. The molecule has 0 bridgehead atoms. The molecular formula is C17H14N2S. The number of rotatable bonds is 1. The van der Waals surface area contributed by atoms with Crippen LogP contribution in [0.5, 0.6) is 0 Å². The molecule has 0 fully saturated rings. The Bertz CT molecular complexity index is 709. The molecule has 0 unspecified atom stereocenters. The number of nitrogens with one attached hydrogen (secondary N) is 1. The number of allylic oxidation sites excluding steroid dienone is 1. The van der Waals surface area contributed by atoms with Gasteiger partial charge < -0.3 is 5.32 Å². The lowest BCUT2D eigenvalue weighted by Gasteiger charge is -2.21. The van der Waals surface area contributed by atoms with Gasteiger partial charge in [-0.2, -0.15) is 5.26 Å². The Hall–Kier alpha value is -2.18. The number of para-hydroxylation sites is 1. The normalized spacial score (nSPS) is 15.8. The predicted octanol–water partition coefficient (Wildman–Crippen LogP) is 4.45. The lowest BCUT2D eigenvalue weighted by molar-refractivity contribution is 1.29. The summed E-state index contributed by atoms with van der Waals surface area (Å²) >= 11 is 1.77. The first-order valence-electron chi connectivity index (χ1n) is 6.47. The van der Waals surface area contributed by atoms with Gasteiger partial charge in [0.05, 0.1) is 11.3 Å². The number of nitrogens with zero attached hydrogens (tertiary/aromatic N) is 1. The van der Waals surface area contributed by atoms with Crippen LogP contribution in [0.4, 0.5) is 5.69 Å². The summed E-state index contributed by atoms with van der Waals surface area (Å²) in [5.41, 5.74) is 4.97. The number of aryl methyl sites for hydroxylation is 1. The van der Waals surface area contributed by atoms with E-state index < -0.39 is 0 Å². The fourth-order valence-corrected chi connectivity index (χ4v) is 3.17. The van der Waals surface area contributed by atoms with Gasteiger partial charge in [0, 0.05) is 16.3 Å². The Kier molecular flexibility index (Phi) is 3.49. The standard InChI is InChI=1S/C17H14N2S/c1-12-6-8-13(9-7-12)14(10-18)16-11-20-17-5-3-2-4-15(17)19-16/h2-9,19H,11H2,1H3. The molecule has 2 nitrogen and oxygen atoms in total. The number of hydrogen-bond donors (Lipinski definition) is 1. The molecule has 0 spiro atoms. The average molecular weight is 278 g/mol. The van der Waals surface area contributed by atoms with Gasteiger partial charge in [0.15, 0.2) is 0 Å². The van der Waals surface area contributed by atoms with Crippen molar-refractivity contribution in [1.82, 2.24) is 0 Å². The number of nitriles is 1. The zero-order valence-corrected chi connectivity index (χ0v) is 12.0. The number of benzene rings is 2. The second-order valence-electron chi connectivity index (χ2n) is 4.74. The molecule has 2 aromatic carbocycles. The molecule has 2 aromatic rings. The van der Waals surface area contributed by atoms with E-state index in [2.05, 4.69) is 17.5 Å². The first kappa shape index (κ1) is 12.8. The largest absolute Gasteiger partial charge is 0.356 e. The van der Waals surface area contributed by atoms with Crippen molar-refractivity contribution in [3.8, 4) is 6.07 Å². The van der Waals surface area contributed by atoms with E-state index >= 15 is 0 Å². The molecule has 0 saturated carbocycles. The van der Waals surface area contributed by atoms with Crippen molar-refractivity contribution in [3.05, 3.63) is 65.4 Å². The molecular weight excluding hydrogens is 264 g/mol. The zero-order valence-electron chi connectivity index (χ0n) is 11.2. The van der Waals surface area contributed by atoms with Gasteiger partial charge in [-0.3, -0.25) is 0 Å². The van der Waals surface area contributed by atoms with Gasteiger partial charge in [-0.25, -0.2) is 0 Å². The molecule has 0 amide bonds. The van der Waals surface area contributed by atoms with Crippen LogP contribution in [0.1, 0.15) is 11.1 Å². The maximum atomic E-state index is 9.49. The molecule has 1 N–H and O–H groups in total. The highest BCUT2D eigenvalue weighted by atomic mass is 32.2. The molecule has 0 radical (unpaired) electrons. The van der Waals surface area contributed by atoms with Crippen molar-refractivity contribution in [3.63, 3.8) is 0 Å². The quantitative estimate of drug-likeness (QED) is 0.783. The van der Waals surface area contributed by atoms with Gasteiger partial charge in [0.25, 0.3) is 0 Å². The lowest BCUT2D eigenvalue weighted by Crippen LogP contribution is -2.10. The van der Waals surface area contributed by atoms with Gasteiger partial charge in [0.1, 0.15) is 6.07 Å². The second-order valence-corrected chi connectivity index (χ2v) is 5.76. The summed E-state index contributed by atoms with van der Waals surface area (Å²) in [5.74, 6) is 0.799. The minimum atomic E-state index is 0.729. The molecule has 3 heteroatoms. The van der Waals surface area contributed by atoms with Crippen LogP contribution in [0.2, 0.25) is 0 Å². The van der Waals surface area contributed by atoms with Crippen molar-refractivity contribution >= 4 is 23.0 Å². The number of hydrogen-bond acceptors (Lipinski definition) is 3. The number of anilines is 1. The van der Waals surface area contributed by atoms with Gasteiger partial charge >= 0.3 is 0 Å². The first-order chi connectivity index (χ1) is 9.78. The molecule has 3 rings (SSSR count). The molecule has 0 aliphatic carbocycles. The number of fused-ring (bicyclic) bond motifs is 1. The highest BCUT2D eigenvalue weighted by Crippen LogP contribution is 2.36. The van der Waals surface area contributed by atoms with Crippen LogP contribution in [-0.2, 0) is 0 Å². The van der Waals surface area contributed by atoms with E-state index in [1.54, 1.807) is 11.8 Å². The van der Waals surface area contributed by atoms with Crippen LogP contribution in [0.25, 0.3) is 5.57 Å². The molecule has 20 heavy (non-hydrogen) atoms. The first-order valence-corrected chi connectivity index (χ1v) is 7.45. The molecule has 1 aliphatic rings. The molecule has 0 atom stereocenters. The average Bonchev–Trinajstić information content (AvgIpc) is 2.50. The summed E-state index contributed by atoms with van der Waals surface area (Å²) in [4.78, 5) is 1.23. The maximum Gasteiger partial charge on any atom is 0.102 e. The van der Waals surface area contributed by atoms with Gasteiger partial charge in [-0.15, -0.1) is 11.8 Å². The molecule has 1 aliphatic heterocycles. The van der Waals surface area contributed by atoms with Crippen LogP contribution >= 0.6 is 11.8 Å². The molecule has 0 aromatic heterocycles. The molecule has 1 heterocycles. The SMILES string of the molecule is Cc1ccc(C(C#N)=C2CSc3ccccc3N2)cc1. The Balaban J connectivity index is 2.01. The summed E-state index contributed by atoms with van der Waals surface area (Å²) in [6.45, 7) is 2.05. The third-order valence-corrected chi connectivity index (χ3v) is 4.40. The van der Waals surface area contributed by atoms with Crippen molar-refractivity contribution in [2.45, 2.75) is 11.8 Å². The summed E-state index contributed by atoms with van der Waals surface area (Å²) in [6, 6.07) is 18.6. The summed E-state index contributed by atoms with van der Waals surface area (Å²) in [5, 5.41) is 12.9. The van der Waals surface area contributed by atoms with E-state index in [1.807, 2.05) is 49.4 Å². The summed E-state index contributed by atoms with van der Waals surface area (Å²) < 4.78 is 0. The van der Waals surface area contributed by atoms with Crippen molar-refractivity contribution in [1.29, 1.82) is 5.26 Å². The predicted molar refractivity (Wildman–Crippen MR) is 84.5 cm³/mol.